The lowest BCUT2D eigenvalue weighted by Crippen LogP contribution is -2.34. The van der Waals surface area contributed by atoms with Gasteiger partial charge < -0.3 is 10.0 Å². The van der Waals surface area contributed by atoms with Crippen molar-refractivity contribution >= 4 is 16.7 Å². The summed E-state index contributed by atoms with van der Waals surface area (Å²) in [5.41, 5.74) is 0. The first-order valence-electron chi connectivity index (χ1n) is 6.02. The number of rotatable bonds is 4. The van der Waals surface area contributed by atoms with E-state index in [0.29, 0.717) is 12.5 Å². The first-order valence-corrected chi connectivity index (χ1v) is 6.79. The fourth-order valence-corrected chi connectivity index (χ4v) is 2.61. The van der Waals surface area contributed by atoms with E-state index in [1.165, 1.54) is 11.5 Å². The molecule has 0 atom stereocenters. The van der Waals surface area contributed by atoms with Crippen molar-refractivity contribution in [2.24, 2.45) is 5.92 Å². The summed E-state index contributed by atoms with van der Waals surface area (Å²) in [5, 5.41) is 10.0. The maximum atomic E-state index is 9.08. The van der Waals surface area contributed by atoms with Crippen LogP contribution >= 0.6 is 11.5 Å². The maximum Gasteiger partial charge on any atom is 0.204 e. The van der Waals surface area contributed by atoms with Gasteiger partial charge in [0.25, 0.3) is 0 Å². The SMILES string of the molecule is CN(C)c1nc(CN2CCC(CO)CC2)ns1. The van der Waals surface area contributed by atoms with Crippen LogP contribution in [0.25, 0.3) is 0 Å². The second kappa shape index (κ2) is 5.75. The van der Waals surface area contributed by atoms with Crippen LogP contribution in [-0.2, 0) is 6.54 Å². The van der Waals surface area contributed by atoms with Crippen LogP contribution in [0, 0.1) is 5.92 Å². The van der Waals surface area contributed by atoms with Gasteiger partial charge in [-0.3, -0.25) is 4.90 Å². The van der Waals surface area contributed by atoms with Gasteiger partial charge >= 0.3 is 0 Å². The molecule has 1 N–H and O–H groups in total. The summed E-state index contributed by atoms with van der Waals surface area (Å²) >= 11 is 1.45. The quantitative estimate of drug-likeness (QED) is 0.864. The van der Waals surface area contributed by atoms with Crippen molar-refractivity contribution in [3.8, 4) is 0 Å². The Hall–Kier alpha value is -0.720. The first-order chi connectivity index (χ1) is 8.19. The number of hydrogen-bond donors (Lipinski definition) is 1. The molecule has 0 aliphatic carbocycles. The van der Waals surface area contributed by atoms with Gasteiger partial charge in [-0.1, -0.05) is 0 Å². The Labute approximate surface area is 106 Å². The van der Waals surface area contributed by atoms with E-state index < -0.39 is 0 Å². The normalized spacial score (nSPS) is 18.5. The van der Waals surface area contributed by atoms with Crippen LogP contribution in [0.15, 0.2) is 0 Å². The zero-order valence-electron chi connectivity index (χ0n) is 10.5. The van der Waals surface area contributed by atoms with Crippen molar-refractivity contribution in [2.45, 2.75) is 19.4 Å². The zero-order valence-corrected chi connectivity index (χ0v) is 11.3. The zero-order chi connectivity index (χ0) is 12.3. The predicted molar refractivity (Wildman–Crippen MR) is 69.3 cm³/mol. The van der Waals surface area contributed by atoms with E-state index in [1.54, 1.807) is 0 Å². The van der Waals surface area contributed by atoms with Crippen LogP contribution in [0.1, 0.15) is 18.7 Å². The number of aliphatic hydroxyl groups is 1. The molecule has 1 aromatic rings. The molecule has 0 unspecified atom stereocenters. The molecule has 96 valence electrons. The standard InChI is InChI=1S/C11H20N4OS/c1-14(2)11-12-10(13-17-11)7-15-5-3-9(8-16)4-6-15/h9,16H,3-8H2,1-2H3. The van der Waals surface area contributed by atoms with Crippen LogP contribution in [0.2, 0.25) is 0 Å². The Morgan fingerprint density at radius 1 is 1.41 bits per heavy atom. The summed E-state index contributed by atoms with van der Waals surface area (Å²) in [6.07, 6.45) is 2.17. The molecule has 1 aromatic heterocycles. The molecule has 17 heavy (non-hydrogen) atoms. The fourth-order valence-electron chi connectivity index (χ4n) is 2.02. The Morgan fingerprint density at radius 2 is 2.12 bits per heavy atom. The highest BCUT2D eigenvalue weighted by Crippen LogP contribution is 2.19. The van der Waals surface area contributed by atoms with Crippen molar-refractivity contribution in [3.05, 3.63) is 5.82 Å². The third kappa shape index (κ3) is 3.37. The fraction of sp³-hybridized carbons (Fsp3) is 0.818. The van der Waals surface area contributed by atoms with E-state index in [2.05, 4.69) is 14.3 Å². The van der Waals surface area contributed by atoms with E-state index >= 15 is 0 Å². The number of aromatic nitrogens is 2. The Morgan fingerprint density at radius 3 is 2.65 bits per heavy atom. The number of anilines is 1. The van der Waals surface area contributed by atoms with Gasteiger partial charge in [0.05, 0.1) is 6.54 Å². The lowest BCUT2D eigenvalue weighted by Gasteiger charge is -2.30. The molecule has 1 aliphatic heterocycles. The molecule has 0 radical (unpaired) electrons. The third-order valence-corrected chi connectivity index (χ3v) is 4.09. The average molecular weight is 256 g/mol. The van der Waals surface area contributed by atoms with E-state index in [9.17, 15) is 0 Å². The summed E-state index contributed by atoms with van der Waals surface area (Å²) in [7, 11) is 3.97. The first kappa shape index (κ1) is 12.7. The minimum absolute atomic E-state index is 0.327. The van der Waals surface area contributed by atoms with E-state index in [-0.39, 0.29) is 0 Å². The molecule has 1 saturated heterocycles. The molecular weight excluding hydrogens is 236 g/mol. The van der Waals surface area contributed by atoms with Crippen LogP contribution < -0.4 is 4.90 Å². The van der Waals surface area contributed by atoms with E-state index in [1.807, 2.05) is 19.0 Å². The highest BCUT2D eigenvalue weighted by molar-refractivity contribution is 7.09. The monoisotopic (exact) mass is 256 g/mol. The minimum Gasteiger partial charge on any atom is -0.396 e. The lowest BCUT2D eigenvalue weighted by molar-refractivity contribution is 0.126. The van der Waals surface area contributed by atoms with Gasteiger partial charge in [-0.25, -0.2) is 4.98 Å². The number of likely N-dealkylation sites (tertiary alicyclic amines) is 1. The van der Waals surface area contributed by atoms with Crippen molar-refractivity contribution in [1.29, 1.82) is 0 Å². The molecule has 2 heterocycles. The van der Waals surface area contributed by atoms with Gasteiger partial charge in [0.15, 0.2) is 5.82 Å². The Kier molecular flexibility index (Phi) is 4.31. The minimum atomic E-state index is 0.327. The van der Waals surface area contributed by atoms with Gasteiger partial charge in [0, 0.05) is 32.2 Å². The largest absolute Gasteiger partial charge is 0.396 e. The number of hydrogen-bond acceptors (Lipinski definition) is 6. The van der Waals surface area contributed by atoms with Gasteiger partial charge in [0.1, 0.15) is 0 Å². The predicted octanol–water partition coefficient (Wildman–Crippen LogP) is 0.808. The highest BCUT2D eigenvalue weighted by Gasteiger charge is 2.19. The summed E-state index contributed by atoms with van der Waals surface area (Å²) < 4.78 is 4.37. The molecule has 0 aromatic carbocycles. The summed E-state index contributed by atoms with van der Waals surface area (Å²) in [6.45, 7) is 3.25. The summed E-state index contributed by atoms with van der Waals surface area (Å²) in [5.74, 6) is 1.41. The number of aliphatic hydroxyl groups excluding tert-OH is 1. The second-order valence-electron chi connectivity index (χ2n) is 4.79. The van der Waals surface area contributed by atoms with E-state index in [0.717, 1.165) is 43.4 Å². The van der Waals surface area contributed by atoms with Crippen molar-refractivity contribution in [2.75, 3.05) is 38.7 Å². The smallest absolute Gasteiger partial charge is 0.204 e. The van der Waals surface area contributed by atoms with Gasteiger partial charge in [-0.15, -0.1) is 0 Å². The highest BCUT2D eigenvalue weighted by atomic mass is 32.1. The topological polar surface area (TPSA) is 52.5 Å². The van der Waals surface area contributed by atoms with Gasteiger partial charge in [-0.2, -0.15) is 4.37 Å². The number of nitrogens with zero attached hydrogens (tertiary/aromatic N) is 4. The van der Waals surface area contributed by atoms with Crippen LogP contribution in [-0.4, -0.2) is 53.2 Å². The van der Waals surface area contributed by atoms with Crippen LogP contribution in [0.3, 0.4) is 0 Å². The van der Waals surface area contributed by atoms with Gasteiger partial charge in [0.2, 0.25) is 5.13 Å². The van der Waals surface area contributed by atoms with Crippen LogP contribution in [0.5, 0.6) is 0 Å². The van der Waals surface area contributed by atoms with Crippen LogP contribution in [0.4, 0.5) is 5.13 Å². The van der Waals surface area contributed by atoms with Crippen molar-refractivity contribution < 1.29 is 5.11 Å². The molecule has 1 aliphatic rings. The number of piperidine rings is 1. The second-order valence-corrected chi connectivity index (χ2v) is 5.52. The third-order valence-electron chi connectivity index (χ3n) is 3.17. The maximum absolute atomic E-state index is 9.08. The summed E-state index contributed by atoms with van der Waals surface area (Å²) in [6, 6.07) is 0. The molecule has 6 heteroatoms. The van der Waals surface area contributed by atoms with Crippen molar-refractivity contribution in [1.82, 2.24) is 14.3 Å². The van der Waals surface area contributed by atoms with Gasteiger partial charge in [-0.05, 0) is 31.8 Å². The molecule has 0 saturated carbocycles. The Balaban J connectivity index is 1.84. The lowest BCUT2D eigenvalue weighted by atomic mass is 9.98. The molecule has 0 bridgehead atoms. The molecule has 1 fully saturated rings. The van der Waals surface area contributed by atoms with Crippen molar-refractivity contribution in [3.63, 3.8) is 0 Å². The molecule has 5 nitrogen and oxygen atoms in total. The molecule has 0 amide bonds. The summed E-state index contributed by atoms with van der Waals surface area (Å²) in [4.78, 5) is 8.84. The molecule has 0 spiro atoms. The average Bonchev–Trinajstić information content (AvgIpc) is 2.79. The molecule has 2 rings (SSSR count). The molecular formula is C11H20N4OS. The van der Waals surface area contributed by atoms with E-state index in [4.69, 9.17) is 5.11 Å². The Bertz CT molecular complexity index is 347.